The summed E-state index contributed by atoms with van der Waals surface area (Å²) in [6, 6.07) is 5.03. The van der Waals surface area contributed by atoms with Crippen molar-refractivity contribution in [2.24, 2.45) is 5.10 Å². The predicted octanol–water partition coefficient (Wildman–Crippen LogP) is 1.33. The molecule has 1 heterocycles. The minimum atomic E-state index is 0. The topological polar surface area (TPSA) is 101 Å². The standard InChI is InChI=1S/C9H9BrN6O.ClH/c10-7-1-2-8(17)6(3-7)4-12-14-9-15-13-5-16(9)11;/h1-5,17H,11H2,(H,14,15);1H/b12-4+;. The largest absolute Gasteiger partial charge is 0.507 e. The average Bonchev–Trinajstić information content (AvgIpc) is 2.70. The van der Waals surface area contributed by atoms with Crippen molar-refractivity contribution in [2.45, 2.75) is 0 Å². The zero-order valence-electron chi connectivity index (χ0n) is 8.99. The first-order valence-electron chi connectivity index (χ1n) is 4.59. The summed E-state index contributed by atoms with van der Waals surface area (Å²) in [6.45, 7) is 0. The maximum absolute atomic E-state index is 9.55. The van der Waals surface area contributed by atoms with E-state index in [9.17, 15) is 5.11 Å². The maximum Gasteiger partial charge on any atom is 0.263 e. The Hall–Kier alpha value is -1.80. The van der Waals surface area contributed by atoms with Crippen molar-refractivity contribution in [3.8, 4) is 5.75 Å². The summed E-state index contributed by atoms with van der Waals surface area (Å²) in [5.41, 5.74) is 3.16. The second-order valence-corrected chi connectivity index (χ2v) is 4.05. The van der Waals surface area contributed by atoms with Crippen molar-refractivity contribution >= 4 is 40.5 Å². The molecule has 18 heavy (non-hydrogen) atoms. The molecule has 0 atom stereocenters. The number of nitrogens with one attached hydrogen (secondary N) is 1. The van der Waals surface area contributed by atoms with E-state index in [4.69, 9.17) is 5.84 Å². The summed E-state index contributed by atoms with van der Waals surface area (Å²) in [7, 11) is 0. The smallest absolute Gasteiger partial charge is 0.263 e. The molecule has 96 valence electrons. The van der Waals surface area contributed by atoms with E-state index >= 15 is 0 Å². The van der Waals surface area contributed by atoms with Crippen LogP contribution in [0.5, 0.6) is 5.75 Å². The molecule has 7 nitrogen and oxygen atoms in total. The van der Waals surface area contributed by atoms with Gasteiger partial charge in [0, 0.05) is 10.0 Å². The van der Waals surface area contributed by atoms with Gasteiger partial charge in [-0.2, -0.15) is 5.10 Å². The Labute approximate surface area is 117 Å². The van der Waals surface area contributed by atoms with Crippen molar-refractivity contribution in [1.82, 2.24) is 14.9 Å². The molecule has 1 aromatic heterocycles. The third kappa shape index (κ3) is 3.34. The van der Waals surface area contributed by atoms with Gasteiger partial charge >= 0.3 is 0 Å². The highest BCUT2D eigenvalue weighted by Crippen LogP contribution is 2.19. The number of hydrazone groups is 1. The first-order chi connectivity index (χ1) is 8.16. The Balaban J connectivity index is 0.00000162. The van der Waals surface area contributed by atoms with Crippen molar-refractivity contribution in [3.05, 3.63) is 34.6 Å². The van der Waals surface area contributed by atoms with E-state index in [1.54, 1.807) is 18.2 Å². The molecule has 2 rings (SSSR count). The Morgan fingerprint density at radius 1 is 1.50 bits per heavy atom. The number of aromatic hydroxyl groups is 1. The molecule has 1 aromatic carbocycles. The van der Waals surface area contributed by atoms with Gasteiger partial charge < -0.3 is 10.9 Å². The normalized spacial score (nSPS) is 10.3. The van der Waals surface area contributed by atoms with Crippen LogP contribution in [-0.4, -0.2) is 26.2 Å². The number of nitrogens with two attached hydrogens (primary N) is 1. The van der Waals surface area contributed by atoms with Gasteiger partial charge in [0.15, 0.2) is 0 Å². The Morgan fingerprint density at radius 3 is 2.94 bits per heavy atom. The highest BCUT2D eigenvalue weighted by Gasteiger charge is 2.00. The van der Waals surface area contributed by atoms with Gasteiger partial charge in [-0.1, -0.05) is 15.9 Å². The fourth-order valence-corrected chi connectivity index (χ4v) is 1.49. The van der Waals surface area contributed by atoms with Crippen LogP contribution in [0.2, 0.25) is 0 Å². The lowest BCUT2D eigenvalue weighted by atomic mass is 10.2. The zero-order valence-corrected chi connectivity index (χ0v) is 11.4. The second kappa shape index (κ2) is 6.22. The lowest BCUT2D eigenvalue weighted by Gasteiger charge is -2.00. The van der Waals surface area contributed by atoms with Gasteiger partial charge in [-0.3, -0.25) is 0 Å². The predicted molar refractivity (Wildman–Crippen MR) is 74.4 cm³/mol. The number of nitrogen functional groups attached to an aromatic ring is 1. The minimum Gasteiger partial charge on any atom is -0.507 e. The van der Waals surface area contributed by atoms with Gasteiger partial charge in [0.2, 0.25) is 0 Å². The molecule has 0 saturated heterocycles. The van der Waals surface area contributed by atoms with Crippen LogP contribution >= 0.6 is 28.3 Å². The van der Waals surface area contributed by atoms with Gasteiger partial charge in [0.25, 0.3) is 5.95 Å². The SMILES string of the molecule is Cl.Nn1cnnc1N/N=C/c1cc(Br)ccc1O. The lowest BCUT2D eigenvalue weighted by molar-refractivity contribution is 0.474. The number of benzene rings is 1. The maximum atomic E-state index is 9.55. The van der Waals surface area contributed by atoms with E-state index in [-0.39, 0.29) is 18.2 Å². The molecule has 0 bridgehead atoms. The summed E-state index contributed by atoms with van der Waals surface area (Å²) in [4.78, 5) is 0. The van der Waals surface area contributed by atoms with Crippen LogP contribution in [0, 0.1) is 0 Å². The number of rotatable bonds is 3. The number of hydrogen-bond donors (Lipinski definition) is 3. The molecule has 0 aliphatic rings. The average molecular weight is 334 g/mol. The van der Waals surface area contributed by atoms with Gasteiger partial charge in [0.05, 0.1) is 6.21 Å². The Bertz CT molecular complexity index is 558. The van der Waals surface area contributed by atoms with Crippen molar-refractivity contribution < 1.29 is 5.11 Å². The lowest BCUT2D eigenvalue weighted by Crippen LogP contribution is -2.10. The Morgan fingerprint density at radius 2 is 2.28 bits per heavy atom. The first-order valence-corrected chi connectivity index (χ1v) is 5.39. The van der Waals surface area contributed by atoms with Crippen LogP contribution in [0.1, 0.15) is 5.56 Å². The summed E-state index contributed by atoms with van der Waals surface area (Å²) in [6.07, 6.45) is 2.79. The number of aromatic nitrogens is 3. The third-order valence-corrected chi connectivity index (χ3v) is 2.42. The highest BCUT2D eigenvalue weighted by atomic mass is 79.9. The number of halogens is 2. The Kier molecular flexibility index (Phi) is 4.93. The molecule has 9 heteroatoms. The van der Waals surface area contributed by atoms with E-state index in [0.29, 0.717) is 11.5 Å². The molecule has 0 unspecified atom stereocenters. The van der Waals surface area contributed by atoms with Crippen molar-refractivity contribution in [1.29, 1.82) is 0 Å². The fourth-order valence-electron chi connectivity index (χ4n) is 1.11. The van der Waals surface area contributed by atoms with Gasteiger partial charge in [-0.25, -0.2) is 10.1 Å². The molecule has 0 saturated carbocycles. The summed E-state index contributed by atoms with van der Waals surface area (Å²) < 4.78 is 2.04. The van der Waals surface area contributed by atoms with Crippen molar-refractivity contribution in [2.75, 3.05) is 11.3 Å². The third-order valence-electron chi connectivity index (χ3n) is 1.93. The number of nitrogens with zero attached hydrogens (tertiary/aromatic N) is 4. The van der Waals surface area contributed by atoms with E-state index < -0.39 is 0 Å². The number of phenols is 1. The molecular formula is C9H10BrClN6O. The molecule has 0 spiro atoms. The minimum absolute atomic E-state index is 0. The molecule has 0 aliphatic carbocycles. The number of phenolic OH excluding ortho intramolecular Hbond substituents is 1. The molecular weight excluding hydrogens is 323 g/mol. The van der Waals surface area contributed by atoms with Crippen LogP contribution < -0.4 is 11.3 Å². The van der Waals surface area contributed by atoms with Crippen LogP contribution in [0.15, 0.2) is 34.1 Å². The van der Waals surface area contributed by atoms with E-state index in [1.165, 1.54) is 17.2 Å². The van der Waals surface area contributed by atoms with Crippen molar-refractivity contribution in [3.63, 3.8) is 0 Å². The number of anilines is 1. The van der Waals surface area contributed by atoms with Crippen LogP contribution in [0.25, 0.3) is 0 Å². The first kappa shape index (κ1) is 14.3. The summed E-state index contributed by atoms with van der Waals surface area (Å²) >= 11 is 3.30. The molecule has 0 fully saturated rings. The van der Waals surface area contributed by atoms with Crippen LogP contribution in [0.3, 0.4) is 0 Å². The molecule has 0 aliphatic heterocycles. The second-order valence-electron chi connectivity index (χ2n) is 3.13. The van der Waals surface area contributed by atoms with E-state index in [0.717, 1.165) is 4.47 Å². The monoisotopic (exact) mass is 332 g/mol. The fraction of sp³-hybridized carbons (Fsp3) is 0. The van der Waals surface area contributed by atoms with E-state index in [1.807, 2.05) is 0 Å². The van der Waals surface area contributed by atoms with Gasteiger partial charge in [-0.15, -0.1) is 22.6 Å². The highest BCUT2D eigenvalue weighted by molar-refractivity contribution is 9.10. The quantitative estimate of drug-likeness (QED) is 0.447. The summed E-state index contributed by atoms with van der Waals surface area (Å²) in [5, 5.41) is 20.7. The van der Waals surface area contributed by atoms with E-state index in [2.05, 4.69) is 36.7 Å². The van der Waals surface area contributed by atoms with Gasteiger partial charge in [0.1, 0.15) is 12.1 Å². The molecule has 0 amide bonds. The van der Waals surface area contributed by atoms with Crippen LogP contribution in [-0.2, 0) is 0 Å². The van der Waals surface area contributed by atoms with Crippen LogP contribution in [0.4, 0.5) is 5.95 Å². The molecule has 2 aromatic rings. The van der Waals surface area contributed by atoms with Gasteiger partial charge in [-0.05, 0) is 18.2 Å². The molecule has 0 radical (unpaired) electrons. The number of hydrogen-bond acceptors (Lipinski definition) is 6. The molecule has 4 N–H and O–H groups in total. The summed E-state index contributed by atoms with van der Waals surface area (Å²) in [5.74, 6) is 5.91. The zero-order chi connectivity index (χ0) is 12.3.